The lowest BCUT2D eigenvalue weighted by Crippen LogP contribution is -2.04. The molecule has 0 aliphatic carbocycles. The average Bonchev–Trinajstić information content (AvgIpc) is 2.41. The zero-order chi connectivity index (χ0) is 14.7. The summed E-state index contributed by atoms with van der Waals surface area (Å²) in [7, 11) is 0. The molecule has 0 bridgehead atoms. The number of hydrogen-bond acceptors (Lipinski definition) is 1. The Morgan fingerprint density at radius 2 is 1.80 bits per heavy atom. The van der Waals surface area contributed by atoms with Gasteiger partial charge in [0.05, 0.1) is 4.47 Å². The number of terminal acetylenes is 1. The second-order valence-corrected chi connectivity index (χ2v) is 4.97. The number of rotatable bonds is 3. The monoisotopic (exact) mass is 336 g/mol. The lowest BCUT2D eigenvalue weighted by atomic mass is 9.96. The Hall–Kier alpha value is -1.86. The molecule has 2 aromatic carbocycles. The highest BCUT2D eigenvalue weighted by Crippen LogP contribution is 2.39. The van der Waals surface area contributed by atoms with E-state index in [9.17, 15) is 8.78 Å². The Morgan fingerprint density at radius 1 is 1.15 bits per heavy atom. The molecule has 20 heavy (non-hydrogen) atoms. The normalized spacial score (nSPS) is 10.4. The molecule has 0 saturated heterocycles. The Labute approximate surface area is 124 Å². The summed E-state index contributed by atoms with van der Waals surface area (Å²) in [4.78, 5) is 0. The van der Waals surface area contributed by atoms with Crippen LogP contribution in [0.3, 0.4) is 0 Å². The fourth-order valence-corrected chi connectivity index (χ4v) is 2.47. The molecule has 0 fully saturated rings. The third-order valence-corrected chi connectivity index (χ3v) is 3.58. The van der Waals surface area contributed by atoms with Gasteiger partial charge in [0.2, 0.25) is 0 Å². The van der Waals surface area contributed by atoms with Gasteiger partial charge in [0, 0.05) is 11.1 Å². The first kappa shape index (κ1) is 14.5. The molecule has 0 amide bonds. The van der Waals surface area contributed by atoms with Crippen molar-refractivity contribution in [3.63, 3.8) is 0 Å². The Bertz CT molecular complexity index is 675. The molecule has 0 unspecified atom stereocenters. The van der Waals surface area contributed by atoms with Crippen LogP contribution in [0.4, 0.5) is 8.78 Å². The summed E-state index contributed by atoms with van der Waals surface area (Å²) in [5.74, 6) is 2.69. The molecule has 0 saturated carbocycles. The number of benzene rings is 2. The molecule has 0 heterocycles. The third kappa shape index (κ3) is 2.83. The summed E-state index contributed by atoms with van der Waals surface area (Å²) < 4.78 is 30.2. The van der Waals surface area contributed by atoms with E-state index in [0.29, 0.717) is 10.0 Å². The molecule has 0 aromatic heterocycles. The number of halogens is 3. The van der Waals surface area contributed by atoms with Crippen molar-refractivity contribution in [2.24, 2.45) is 0 Å². The van der Waals surface area contributed by atoms with E-state index in [1.807, 2.05) is 19.1 Å². The number of para-hydroxylation sites is 1. The number of hydrogen-bond donors (Lipinski definition) is 0. The van der Waals surface area contributed by atoms with Crippen molar-refractivity contribution in [3.05, 3.63) is 52.0 Å². The SMILES string of the molecule is C#Cc1cccc(-c2cccc(Br)c2OC(F)F)c1C. The summed E-state index contributed by atoms with van der Waals surface area (Å²) in [5, 5.41) is 0. The molecule has 2 rings (SSSR count). The van der Waals surface area contributed by atoms with Crippen LogP contribution in [-0.2, 0) is 0 Å². The van der Waals surface area contributed by atoms with E-state index in [4.69, 9.17) is 6.42 Å². The van der Waals surface area contributed by atoms with Crippen LogP contribution in [0.2, 0.25) is 0 Å². The smallest absolute Gasteiger partial charge is 0.387 e. The largest absolute Gasteiger partial charge is 0.433 e. The van der Waals surface area contributed by atoms with Gasteiger partial charge in [0.25, 0.3) is 0 Å². The third-order valence-electron chi connectivity index (χ3n) is 2.95. The van der Waals surface area contributed by atoms with Crippen molar-refractivity contribution < 1.29 is 13.5 Å². The molecule has 102 valence electrons. The lowest BCUT2D eigenvalue weighted by molar-refractivity contribution is -0.0499. The highest BCUT2D eigenvalue weighted by molar-refractivity contribution is 9.10. The molecule has 2 aromatic rings. The molecule has 0 spiro atoms. The minimum Gasteiger partial charge on any atom is -0.433 e. The van der Waals surface area contributed by atoms with E-state index in [2.05, 4.69) is 26.6 Å². The van der Waals surface area contributed by atoms with E-state index in [1.165, 1.54) is 0 Å². The van der Waals surface area contributed by atoms with Gasteiger partial charge in [-0.25, -0.2) is 0 Å². The van der Waals surface area contributed by atoms with E-state index in [0.717, 1.165) is 16.7 Å². The molecule has 0 aliphatic rings. The maximum absolute atomic E-state index is 12.6. The van der Waals surface area contributed by atoms with Gasteiger partial charge in [-0.3, -0.25) is 0 Å². The van der Waals surface area contributed by atoms with Crippen LogP contribution in [0.15, 0.2) is 40.9 Å². The van der Waals surface area contributed by atoms with E-state index in [-0.39, 0.29) is 5.75 Å². The first-order valence-electron chi connectivity index (χ1n) is 5.84. The molecule has 0 atom stereocenters. The van der Waals surface area contributed by atoms with Crippen LogP contribution in [0.1, 0.15) is 11.1 Å². The van der Waals surface area contributed by atoms with E-state index < -0.39 is 6.61 Å². The van der Waals surface area contributed by atoms with Gasteiger partial charge in [-0.05, 0) is 46.1 Å². The molecular formula is C16H11BrF2O. The van der Waals surface area contributed by atoms with Gasteiger partial charge in [-0.2, -0.15) is 8.78 Å². The van der Waals surface area contributed by atoms with Crippen LogP contribution in [-0.4, -0.2) is 6.61 Å². The van der Waals surface area contributed by atoms with Gasteiger partial charge < -0.3 is 4.74 Å². The van der Waals surface area contributed by atoms with Gasteiger partial charge in [0.1, 0.15) is 5.75 Å². The van der Waals surface area contributed by atoms with Crippen LogP contribution < -0.4 is 4.74 Å². The van der Waals surface area contributed by atoms with E-state index >= 15 is 0 Å². The summed E-state index contributed by atoms with van der Waals surface area (Å²) in [6.45, 7) is -1.03. The second-order valence-electron chi connectivity index (χ2n) is 4.12. The van der Waals surface area contributed by atoms with Gasteiger partial charge in [0.15, 0.2) is 0 Å². The summed E-state index contributed by atoms with van der Waals surface area (Å²) in [6, 6.07) is 10.6. The molecule has 0 N–H and O–H groups in total. The zero-order valence-electron chi connectivity index (χ0n) is 10.7. The number of alkyl halides is 2. The summed E-state index contributed by atoms with van der Waals surface area (Å²) >= 11 is 3.23. The van der Waals surface area contributed by atoms with Crippen LogP contribution in [0.25, 0.3) is 11.1 Å². The fourth-order valence-electron chi connectivity index (χ4n) is 2.01. The standard InChI is InChI=1S/C16H11BrF2O/c1-3-11-6-4-7-12(10(11)2)13-8-5-9-14(17)15(13)20-16(18)19/h1,4-9,16H,2H3. The average molecular weight is 337 g/mol. The predicted molar refractivity (Wildman–Crippen MR) is 78.9 cm³/mol. The molecule has 0 radical (unpaired) electrons. The van der Waals surface area contributed by atoms with Crippen LogP contribution in [0.5, 0.6) is 5.75 Å². The summed E-state index contributed by atoms with van der Waals surface area (Å²) in [5.41, 5.74) is 2.93. The molecule has 1 nitrogen and oxygen atoms in total. The predicted octanol–water partition coefficient (Wildman–Crippen LogP) is 5.01. The minimum absolute atomic E-state index is 0.111. The molecule has 4 heteroatoms. The van der Waals surface area contributed by atoms with Crippen LogP contribution >= 0.6 is 15.9 Å². The Balaban J connectivity index is 2.65. The lowest BCUT2D eigenvalue weighted by Gasteiger charge is -2.15. The highest BCUT2D eigenvalue weighted by Gasteiger charge is 2.16. The fraction of sp³-hybridized carbons (Fsp3) is 0.125. The maximum Gasteiger partial charge on any atom is 0.387 e. The number of ether oxygens (including phenoxy) is 1. The molecular weight excluding hydrogens is 326 g/mol. The van der Waals surface area contributed by atoms with E-state index in [1.54, 1.807) is 24.3 Å². The van der Waals surface area contributed by atoms with Crippen molar-refractivity contribution in [3.8, 4) is 29.2 Å². The van der Waals surface area contributed by atoms with Gasteiger partial charge >= 0.3 is 6.61 Å². The van der Waals surface area contributed by atoms with Gasteiger partial charge in [-0.15, -0.1) is 6.42 Å². The maximum atomic E-state index is 12.6. The first-order valence-corrected chi connectivity index (χ1v) is 6.63. The quantitative estimate of drug-likeness (QED) is 0.716. The second kappa shape index (κ2) is 6.06. The van der Waals surface area contributed by atoms with Crippen molar-refractivity contribution in [1.82, 2.24) is 0 Å². The minimum atomic E-state index is -2.89. The van der Waals surface area contributed by atoms with Crippen molar-refractivity contribution in [2.75, 3.05) is 0 Å². The first-order chi connectivity index (χ1) is 9.54. The zero-order valence-corrected chi connectivity index (χ0v) is 12.2. The Morgan fingerprint density at radius 3 is 2.45 bits per heavy atom. The molecule has 0 aliphatic heterocycles. The topological polar surface area (TPSA) is 9.23 Å². The van der Waals surface area contributed by atoms with Crippen molar-refractivity contribution in [2.45, 2.75) is 13.5 Å². The highest BCUT2D eigenvalue weighted by atomic mass is 79.9. The Kier molecular flexibility index (Phi) is 4.41. The van der Waals surface area contributed by atoms with Crippen LogP contribution in [0, 0.1) is 19.3 Å². The van der Waals surface area contributed by atoms with Gasteiger partial charge in [-0.1, -0.05) is 30.2 Å². The summed E-state index contributed by atoms with van der Waals surface area (Å²) in [6.07, 6.45) is 5.44. The van der Waals surface area contributed by atoms with Crippen molar-refractivity contribution in [1.29, 1.82) is 0 Å². The van der Waals surface area contributed by atoms with Crippen molar-refractivity contribution >= 4 is 15.9 Å².